The highest BCUT2D eigenvalue weighted by Crippen LogP contribution is 2.49. The highest BCUT2D eigenvalue weighted by Gasteiger charge is 2.37. The van der Waals surface area contributed by atoms with Gasteiger partial charge < -0.3 is 66.3 Å². The number of H-pyrrole nitrogens is 2. The van der Waals surface area contributed by atoms with Crippen LogP contribution in [-0.4, -0.2) is 144 Å². The second-order valence-electron chi connectivity index (χ2n) is 22.0. The number of carbonyl (C=O) groups excluding carboxylic acids is 7. The van der Waals surface area contributed by atoms with Crippen LogP contribution in [0.4, 0.5) is 26.7 Å². The van der Waals surface area contributed by atoms with Gasteiger partial charge in [-0.2, -0.15) is 0 Å². The number of halogens is 1. The third-order valence-corrected chi connectivity index (χ3v) is 16.8. The summed E-state index contributed by atoms with van der Waals surface area (Å²) in [7, 11) is 3.11. The van der Waals surface area contributed by atoms with E-state index in [1.807, 2.05) is 56.5 Å². The van der Waals surface area contributed by atoms with Gasteiger partial charge in [0.1, 0.15) is 36.4 Å². The van der Waals surface area contributed by atoms with Gasteiger partial charge in [-0.15, -0.1) is 22.9 Å². The zero-order valence-electron chi connectivity index (χ0n) is 47.8. The molecule has 9 rings (SSSR count). The summed E-state index contributed by atoms with van der Waals surface area (Å²) in [6, 6.07) is 21.4. The summed E-state index contributed by atoms with van der Waals surface area (Å²) >= 11 is 8.06. The summed E-state index contributed by atoms with van der Waals surface area (Å²) in [5.74, 6) is -1.08. The summed E-state index contributed by atoms with van der Waals surface area (Å²) in [6.07, 6.45) is 2.51. The van der Waals surface area contributed by atoms with Gasteiger partial charge in [0.25, 0.3) is 11.8 Å². The summed E-state index contributed by atoms with van der Waals surface area (Å²) in [5.41, 5.74) is 17.6. The second-order valence-corrected chi connectivity index (χ2v) is 23.1. The van der Waals surface area contributed by atoms with E-state index < -0.39 is 42.0 Å². The van der Waals surface area contributed by atoms with Crippen LogP contribution in [0.3, 0.4) is 0 Å². The molecule has 0 aliphatic carbocycles. The number of nitrogens with one attached hydrogen (secondary N) is 5. The van der Waals surface area contributed by atoms with E-state index in [1.165, 1.54) is 34.0 Å². The van der Waals surface area contributed by atoms with Gasteiger partial charge in [0, 0.05) is 103 Å². The lowest BCUT2D eigenvalue weighted by molar-refractivity contribution is -0.128. The lowest BCUT2D eigenvalue weighted by atomic mass is 9.97. The number of likely N-dealkylation sites (tertiary alicyclic amines) is 1. The number of hydrogen-bond acceptors (Lipinski definition) is 13. The number of fused-ring (bicyclic) bond motifs is 5. The van der Waals surface area contributed by atoms with Crippen molar-refractivity contribution in [1.82, 2.24) is 30.0 Å². The van der Waals surface area contributed by atoms with Crippen LogP contribution in [0.25, 0.3) is 31.9 Å². The predicted molar refractivity (Wildman–Crippen MR) is 326 cm³/mol. The van der Waals surface area contributed by atoms with Crippen LogP contribution in [-0.2, 0) is 25.7 Å². The molecule has 3 aromatic heterocycles. The molecule has 0 saturated carbocycles. The molecule has 9 N–H and O–H groups in total. The minimum Gasteiger partial charge on any atom is -0.492 e. The molecule has 444 valence electrons. The number of amides is 7. The van der Waals surface area contributed by atoms with E-state index in [0.717, 1.165) is 57.5 Å². The lowest BCUT2D eigenvalue weighted by Crippen LogP contribution is -2.51. The quantitative estimate of drug-likeness (QED) is 0.0220. The molecule has 0 spiro atoms. The predicted octanol–water partition coefficient (Wildman–Crippen LogP) is 9.03. The number of nitrogens with two attached hydrogens (primary N) is 2. The van der Waals surface area contributed by atoms with Gasteiger partial charge in [0.2, 0.25) is 17.7 Å². The number of primary amides is 1. The first-order valence-corrected chi connectivity index (χ1v) is 29.6. The van der Waals surface area contributed by atoms with Crippen LogP contribution in [0.2, 0.25) is 0 Å². The summed E-state index contributed by atoms with van der Waals surface area (Å²) in [5, 5.41) is 12.9. The topological polar surface area (TPSA) is 280 Å². The molecule has 7 aromatic rings. The molecule has 21 nitrogen and oxygen atoms in total. The van der Waals surface area contributed by atoms with Crippen molar-refractivity contribution in [2.75, 3.05) is 81.4 Å². The number of carbonyl (C=O) groups is 7. The molecule has 0 unspecified atom stereocenters. The number of aromatic nitrogens is 2. The van der Waals surface area contributed by atoms with E-state index >= 15 is 0 Å². The van der Waals surface area contributed by atoms with Gasteiger partial charge in [-0.25, -0.2) is 9.59 Å². The molecule has 2 aliphatic heterocycles. The highest BCUT2D eigenvalue weighted by molar-refractivity contribution is 7.17. The molecule has 5 heterocycles. The van der Waals surface area contributed by atoms with Crippen molar-refractivity contribution >= 4 is 114 Å². The molecule has 1 saturated heterocycles. The normalized spacial score (nSPS) is 14.8. The highest BCUT2D eigenvalue weighted by atomic mass is 35.5. The number of aryl methyl sites for hydroxylation is 1. The second kappa shape index (κ2) is 27.0. The number of likely N-dealkylation sites (N-methyl/N-ethyl adjacent to an activating group) is 2. The number of thiophene rings is 1. The molecule has 84 heavy (non-hydrogen) atoms. The Labute approximate surface area is 495 Å². The Morgan fingerprint density at radius 3 is 2.21 bits per heavy atom. The number of ether oxygens (including phenoxy) is 3. The number of benzene rings is 4. The van der Waals surface area contributed by atoms with E-state index in [9.17, 15) is 33.6 Å². The molecular formula is C61H72ClN11O10S. The van der Waals surface area contributed by atoms with Gasteiger partial charge in [0.15, 0.2) is 5.75 Å². The maximum atomic E-state index is 14.6. The average Bonchev–Trinajstić information content (AvgIpc) is 1.79. The SMILES string of the molecule is Cc1csc2c(OC(=O)N(C)CCN(C)C(=O)OCc3ccc(NC(=O)[C@H](CCCCC(N)=O)NC(=O)[C@@H](N)C(C)C)cc3)cc3c(c12)[C@H](CCl)CN3C(=O)c1cc2cc(NC(=O)c3cc4cc(OCCN5CCCC5)ccc4[nH]3)ccc2[nH]1. The number of rotatable bonds is 24. The number of nitrogens with zero attached hydrogens (tertiary/aromatic N) is 4. The average molecular weight is 1190 g/mol. The van der Waals surface area contributed by atoms with Crippen molar-refractivity contribution in [3.8, 4) is 11.5 Å². The fraction of sp³-hybridized carbons (Fsp3) is 0.393. The summed E-state index contributed by atoms with van der Waals surface area (Å²) in [6.45, 7) is 9.70. The first-order chi connectivity index (χ1) is 40.3. The van der Waals surface area contributed by atoms with Crippen LogP contribution in [0.15, 0.2) is 84.2 Å². The monoisotopic (exact) mass is 1190 g/mol. The van der Waals surface area contributed by atoms with Crippen molar-refractivity contribution in [2.45, 2.75) is 83.9 Å². The lowest BCUT2D eigenvalue weighted by Gasteiger charge is -2.22. The fourth-order valence-corrected chi connectivity index (χ4v) is 11.7. The Hall–Kier alpha value is -8.18. The summed E-state index contributed by atoms with van der Waals surface area (Å²) < 4.78 is 18.4. The van der Waals surface area contributed by atoms with Gasteiger partial charge in [0.05, 0.1) is 16.4 Å². The number of aromatic amines is 2. The first kappa shape index (κ1) is 60.4. The maximum Gasteiger partial charge on any atom is 0.415 e. The van der Waals surface area contributed by atoms with Crippen molar-refractivity contribution in [3.05, 3.63) is 112 Å². The molecule has 2 aliphatic rings. The number of alkyl halides is 1. The van der Waals surface area contributed by atoms with E-state index in [-0.39, 0.29) is 67.8 Å². The number of anilines is 3. The molecule has 7 amide bonds. The van der Waals surface area contributed by atoms with E-state index in [1.54, 1.807) is 67.5 Å². The molecule has 0 radical (unpaired) electrons. The van der Waals surface area contributed by atoms with Crippen LogP contribution in [0.5, 0.6) is 11.5 Å². The molecule has 4 aromatic carbocycles. The van der Waals surface area contributed by atoms with E-state index in [0.29, 0.717) is 70.9 Å². The zero-order valence-corrected chi connectivity index (χ0v) is 49.4. The van der Waals surface area contributed by atoms with Gasteiger partial charge >= 0.3 is 12.2 Å². The summed E-state index contributed by atoms with van der Waals surface area (Å²) in [4.78, 5) is 106. The minimum atomic E-state index is -0.899. The number of unbranched alkanes of at least 4 members (excludes halogenated alkanes) is 1. The maximum absolute atomic E-state index is 14.6. The van der Waals surface area contributed by atoms with Crippen molar-refractivity contribution in [2.24, 2.45) is 17.4 Å². The Morgan fingerprint density at radius 1 is 0.821 bits per heavy atom. The van der Waals surface area contributed by atoms with Crippen LogP contribution < -0.4 is 41.8 Å². The van der Waals surface area contributed by atoms with E-state index in [2.05, 4.69) is 30.8 Å². The molecule has 0 bridgehead atoms. The standard InChI is InChI=1S/C61H72ClN11O10S/c1-35(2)54(64)58(77)69-46(10-6-7-11-51(63)74)56(75)65-41-14-12-37(13-15-41)33-82-60(79)70(4)22-23-71(5)61(80)83-50-30-49-53(52-36(3)34-84-55(50)52)40(31-62)32-73(49)59(78)48-29-38-26-42(16-18-44(38)68-48)66-57(76)47-28-39-27-43(17-19-45(39)67-47)81-25-24-72-20-8-9-21-72/h12-19,26-30,34-35,40,46,54,67-68H,6-11,20-25,31-33,64H2,1-5H3,(H2,63,74)(H,65,75)(H,66,76)(H,69,77)/t40-,46+,54+/m1/s1. The Kier molecular flexibility index (Phi) is 19.4. The van der Waals surface area contributed by atoms with Gasteiger partial charge in [-0.05, 0) is 134 Å². The van der Waals surface area contributed by atoms with Crippen LogP contribution in [0, 0.1) is 12.8 Å². The van der Waals surface area contributed by atoms with Crippen LogP contribution in [0.1, 0.15) is 96.0 Å². The third kappa shape index (κ3) is 14.4. The van der Waals surface area contributed by atoms with Crippen LogP contribution >= 0.6 is 22.9 Å². The first-order valence-electron chi connectivity index (χ1n) is 28.2. The van der Waals surface area contributed by atoms with E-state index in [4.69, 9.17) is 37.3 Å². The minimum absolute atomic E-state index is 0.0787. The molecule has 1 fully saturated rings. The van der Waals surface area contributed by atoms with Crippen molar-refractivity contribution in [1.29, 1.82) is 0 Å². The molecule has 23 heteroatoms. The molecular weight excluding hydrogens is 1110 g/mol. The Balaban J connectivity index is 0.788. The fourth-order valence-electron chi connectivity index (χ4n) is 10.4. The largest absolute Gasteiger partial charge is 0.492 e. The van der Waals surface area contributed by atoms with Crippen molar-refractivity contribution < 1.29 is 47.8 Å². The zero-order chi connectivity index (χ0) is 59.8. The Morgan fingerprint density at radius 2 is 1.50 bits per heavy atom. The smallest absolute Gasteiger partial charge is 0.415 e. The Bertz CT molecular complexity index is 3580. The number of hydrogen-bond donors (Lipinski definition) is 7. The van der Waals surface area contributed by atoms with Gasteiger partial charge in [-0.1, -0.05) is 32.4 Å². The third-order valence-electron chi connectivity index (χ3n) is 15.4. The van der Waals surface area contributed by atoms with Gasteiger partial charge in [-0.3, -0.25) is 28.9 Å². The molecule has 3 atom stereocenters. The van der Waals surface area contributed by atoms with Crippen molar-refractivity contribution in [3.63, 3.8) is 0 Å².